The molecule has 1 aliphatic rings. The summed E-state index contributed by atoms with van der Waals surface area (Å²) in [5, 5.41) is 4.06. The first-order valence-corrected chi connectivity index (χ1v) is 11.6. The molecule has 0 spiro atoms. The molecule has 1 fully saturated rings. The molecule has 0 bridgehead atoms. The van der Waals surface area contributed by atoms with Crippen LogP contribution in [0.2, 0.25) is 0 Å². The molecule has 33 heavy (non-hydrogen) atoms. The van der Waals surface area contributed by atoms with Crippen LogP contribution in [0.4, 0.5) is 16.0 Å². The van der Waals surface area contributed by atoms with Gasteiger partial charge < -0.3 is 16.0 Å². The lowest BCUT2D eigenvalue weighted by molar-refractivity contribution is -0.117. The number of hydrogen-bond acceptors (Lipinski definition) is 7. The second-order valence-electron chi connectivity index (χ2n) is 8.04. The molecule has 1 aliphatic heterocycles. The number of nitrogens with one attached hydrogen (secondary N) is 1. The van der Waals surface area contributed by atoms with Crippen LogP contribution in [0.5, 0.6) is 0 Å². The van der Waals surface area contributed by atoms with E-state index in [4.69, 9.17) is 10.7 Å². The van der Waals surface area contributed by atoms with Gasteiger partial charge in [0.1, 0.15) is 11.3 Å². The van der Waals surface area contributed by atoms with Gasteiger partial charge in [0.15, 0.2) is 11.6 Å². The molecule has 7 nitrogen and oxygen atoms in total. The first kappa shape index (κ1) is 21.3. The first-order valence-electron chi connectivity index (χ1n) is 10.8. The normalized spacial score (nSPS) is 15.8. The Bertz CT molecular complexity index is 1260. The van der Waals surface area contributed by atoms with Crippen molar-refractivity contribution in [1.29, 1.82) is 0 Å². The highest BCUT2D eigenvalue weighted by atomic mass is 32.1. The Kier molecular flexibility index (Phi) is 5.87. The molecular formula is C24H23FN6OS. The number of primary amides is 1. The summed E-state index contributed by atoms with van der Waals surface area (Å²) < 4.78 is 16.6. The summed E-state index contributed by atoms with van der Waals surface area (Å²) in [5.41, 5.74) is 7.99. The average molecular weight is 463 g/mol. The maximum atomic E-state index is 15.4. The van der Waals surface area contributed by atoms with Crippen molar-refractivity contribution in [2.75, 3.05) is 16.8 Å². The summed E-state index contributed by atoms with van der Waals surface area (Å²) in [6.45, 7) is 1.11. The fraction of sp³-hybridized carbons (Fsp3) is 0.250. The number of aromatic nitrogens is 3. The SMILES string of the molecule is NC(=O)Cc1ccc(CNc2ncnc(N3CCCC3c3nc4ccccc4s3)c2F)cc1. The molecule has 4 aromatic rings. The number of carbonyl (C=O) groups excluding carboxylic acids is 1. The maximum Gasteiger partial charge on any atom is 0.221 e. The molecule has 2 aromatic heterocycles. The molecule has 3 N–H and O–H groups in total. The van der Waals surface area contributed by atoms with Crippen LogP contribution in [0.15, 0.2) is 54.9 Å². The van der Waals surface area contributed by atoms with E-state index in [1.807, 2.05) is 47.4 Å². The van der Waals surface area contributed by atoms with Gasteiger partial charge in [-0.2, -0.15) is 4.39 Å². The lowest BCUT2D eigenvalue weighted by atomic mass is 10.1. The zero-order valence-electron chi connectivity index (χ0n) is 17.9. The minimum atomic E-state index is -0.462. The van der Waals surface area contributed by atoms with E-state index < -0.39 is 5.82 Å². The summed E-state index contributed by atoms with van der Waals surface area (Å²) in [6.07, 6.45) is 3.45. The van der Waals surface area contributed by atoms with Gasteiger partial charge in [-0.25, -0.2) is 15.0 Å². The van der Waals surface area contributed by atoms with Gasteiger partial charge in [0.25, 0.3) is 0 Å². The third-order valence-corrected chi connectivity index (χ3v) is 6.89. The second-order valence-corrected chi connectivity index (χ2v) is 9.11. The summed E-state index contributed by atoms with van der Waals surface area (Å²) in [7, 11) is 0. The Hall–Kier alpha value is -3.59. The number of para-hydroxylation sites is 1. The van der Waals surface area contributed by atoms with Crippen LogP contribution in [0, 0.1) is 5.82 Å². The van der Waals surface area contributed by atoms with Gasteiger partial charge >= 0.3 is 0 Å². The molecule has 0 aliphatic carbocycles. The molecule has 1 unspecified atom stereocenters. The van der Waals surface area contributed by atoms with Crippen molar-refractivity contribution < 1.29 is 9.18 Å². The molecular weight excluding hydrogens is 439 g/mol. The average Bonchev–Trinajstić information content (AvgIpc) is 3.46. The van der Waals surface area contributed by atoms with Crippen LogP contribution >= 0.6 is 11.3 Å². The standard InChI is InChI=1S/C24H23FN6OS/c25-21-22(27-13-16-9-7-15(8-10-16)12-20(26)32)28-14-29-23(21)31-11-3-5-18(31)24-30-17-4-1-2-6-19(17)33-24/h1-2,4,6-10,14,18H,3,5,11-13H2,(H2,26,32)(H,27,28,29). The van der Waals surface area contributed by atoms with E-state index in [9.17, 15) is 4.79 Å². The number of halogens is 1. The van der Waals surface area contributed by atoms with Crippen LogP contribution < -0.4 is 16.0 Å². The highest BCUT2D eigenvalue weighted by Gasteiger charge is 2.32. The number of nitrogens with zero attached hydrogens (tertiary/aromatic N) is 4. The predicted octanol–water partition coefficient (Wildman–Crippen LogP) is 4.21. The minimum Gasteiger partial charge on any atom is -0.369 e. The van der Waals surface area contributed by atoms with E-state index in [1.54, 1.807) is 11.3 Å². The van der Waals surface area contributed by atoms with E-state index in [2.05, 4.69) is 21.4 Å². The topological polar surface area (TPSA) is 97.0 Å². The molecule has 1 saturated heterocycles. The smallest absolute Gasteiger partial charge is 0.221 e. The molecule has 1 amide bonds. The maximum absolute atomic E-state index is 15.4. The molecule has 1 atom stereocenters. The van der Waals surface area contributed by atoms with Gasteiger partial charge in [-0.05, 0) is 36.1 Å². The van der Waals surface area contributed by atoms with Crippen molar-refractivity contribution in [3.63, 3.8) is 0 Å². The van der Waals surface area contributed by atoms with Gasteiger partial charge in [0, 0.05) is 13.1 Å². The monoisotopic (exact) mass is 462 g/mol. The summed E-state index contributed by atoms with van der Waals surface area (Å²) in [6, 6.07) is 15.5. The number of fused-ring (bicyclic) bond motifs is 1. The van der Waals surface area contributed by atoms with Crippen LogP contribution in [0.3, 0.4) is 0 Å². The van der Waals surface area contributed by atoms with Crippen LogP contribution in [0.25, 0.3) is 10.2 Å². The van der Waals surface area contributed by atoms with E-state index in [1.165, 1.54) is 6.33 Å². The molecule has 0 radical (unpaired) electrons. The van der Waals surface area contributed by atoms with E-state index >= 15 is 4.39 Å². The molecule has 168 valence electrons. The Morgan fingerprint density at radius 2 is 1.94 bits per heavy atom. The number of amides is 1. The Balaban J connectivity index is 1.33. The van der Waals surface area contributed by atoms with Crippen molar-refractivity contribution >= 4 is 39.1 Å². The zero-order chi connectivity index (χ0) is 22.8. The molecule has 0 saturated carbocycles. The van der Waals surface area contributed by atoms with Gasteiger partial charge in [0.05, 0.1) is 22.7 Å². The lowest BCUT2D eigenvalue weighted by Crippen LogP contribution is -2.25. The van der Waals surface area contributed by atoms with Gasteiger partial charge in [-0.15, -0.1) is 11.3 Å². The number of carbonyl (C=O) groups is 1. The Morgan fingerprint density at radius 1 is 1.15 bits per heavy atom. The Morgan fingerprint density at radius 3 is 2.73 bits per heavy atom. The van der Waals surface area contributed by atoms with Crippen LogP contribution in [0.1, 0.15) is 35.0 Å². The first-order chi connectivity index (χ1) is 16.1. The van der Waals surface area contributed by atoms with Gasteiger partial charge in [0.2, 0.25) is 11.7 Å². The van der Waals surface area contributed by atoms with E-state index in [-0.39, 0.29) is 24.2 Å². The summed E-state index contributed by atoms with van der Waals surface area (Å²) >= 11 is 1.65. The number of hydrogen-bond donors (Lipinski definition) is 2. The van der Waals surface area contributed by atoms with E-state index in [0.717, 1.165) is 45.7 Å². The number of thiazole rings is 1. The van der Waals surface area contributed by atoms with Gasteiger partial charge in [-0.1, -0.05) is 36.4 Å². The summed E-state index contributed by atoms with van der Waals surface area (Å²) in [5.74, 6) is -0.374. The second kappa shape index (κ2) is 9.11. The van der Waals surface area contributed by atoms with Crippen molar-refractivity contribution in [3.05, 3.63) is 76.8 Å². The fourth-order valence-corrected chi connectivity index (χ4v) is 5.27. The number of anilines is 2. The van der Waals surface area contributed by atoms with Crippen molar-refractivity contribution in [3.8, 4) is 0 Å². The van der Waals surface area contributed by atoms with Gasteiger partial charge in [-0.3, -0.25) is 4.79 Å². The minimum absolute atomic E-state index is 0.00236. The zero-order valence-corrected chi connectivity index (χ0v) is 18.7. The van der Waals surface area contributed by atoms with Crippen molar-refractivity contribution in [2.24, 2.45) is 5.73 Å². The molecule has 3 heterocycles. The largest absolute Gasteiger partial charge is 0.369 e. The van der Waals surface area contributed by atoms with Crippen molar-refractivity contribution in [1.82, 2.24) is 15.0 Å². The third kappa shape index (κ3) is 4.49. The third-order valence-electron chi connectivity index (χ3n) is 5.75. The van der Waals surface area contributed by atoms with Crippen LogP contribution in [-0.2, 0) is 17.8 Å². The quantitative estimate of drug-likeness (QED) is 0.427. The highest BCUT2D eigenvalue weighted by molar-refractivity contribution is 7.18. The Labute approximate surface area is 194 Å². The highest BCUT2D eigenvalue weighted by Crippen LogP contribution is 2.40. The predicted molar refractivity (Wildman–Crippen MR) is 128 cm³/mol. The molecule has 5 rings (SSSR count). The fourth-order valence-electron chi connectivity index (χ4n) is 4.16. The summed E-state index contributed by atoms with van der Waals surface area (Å²) in [4.78, 5) is 26.2. The molecule has 9 heteroatoms. The lowest BCUT2D eigenvalue weighted by Gasteiger charge is -2.25. The number of benzene rings is 2. The van der Waals surface area contributed by atoms with Crippen molar-refractivity contribution in [2.45, 2.75) is 31.8 Å². The number of rotatable bonds is 7. The molecule has 2 aromatic carbocycles. The van der Waals surface area contributed by atoms with Crippen LogP contribution in [-0.4, -0.2) is 27.4 Å². The number of nitrogens with two attached hydrogens (primary N) is 1. The van der Waals surface area contributed by atoms with E-state index in [0.29, 0.717) is 12.4 Å².